The van der Waals surface area contributed by atoms with Crippen molar-refractivity contribution in [3.05, 3.63) is 35.4 Å². The average Bonchev–Trinajstić information content (AvgIpc) is 2.86. The van der Waals surface area contributed by atoms with Gasteiger partial charge in [0.05, 0.1) is 12.1 Å². The SMILES string of the molecule is COCC1(CNC(=O)c2ccccc2C)CCCN1. The number of aryl methyl sites for hydroxylation is 1. The van der Waals surface area contributed by atoms with Gasteiger partial charge in [-0.15, -0.1) is 0 Å². The predicted molar refractivity (Wildman–Crippen MR) is 75.4 cm³/mol. The van der Waals surface area contributed by atoms with Crippen LogP contribution in [0.2, 0.25) is 0 Å². The van der Waals surface area contributed by atoms with E-state index in [4.69, 9.17) is 4.74 Å². The lowest BCUT2D eigenvalue weighted by Crippen LogP contribution is -2.53. The number of methoxy groups -OCH3 is 1. The highest BCUT2D eigenvalue weighted by Crippen LogP contribution is 2.19. The molecule has 104 valence electrons. The van der Waals surface area contributed by atoms with Crippen molar-refractivity contribution in [2.75, 3.05) is 26.8 Å². The van der Waals surface area contributed by atoms with Crippen LogP contribution < -0.4 is 10.6 Å². The third-order valence-corrected chi connectivity index (χ3v) is 3.73. The van der Waals surface area contributed by atoms with Crippen molar-refractivity contribution in [1.29, 1.82) is 0 Å². The molecule has 1 unspecified atom stereocenters. The molecule has 1 saturated heterocycles. The van der Waals surface area contributed by atoms with E-state index in [1.165, 1.54) is 0 Å². The fourth-order valence-electron chi connectivity index (χ4n) is 2.64. The number of benzene rings is 1. The summed E-state index contributed by atoms with van der Waals surface area (Å²) in [4.78, 5) is 12.2. The van der Waals surface area contributed by atoms with Gasteiger partial charge in [-0.1, -0.05) is 18.2 Å². The molecule has 2 rings (SSSR count). The standard InChI is InChI=1S/C15H22N2O2/c1-12-6-3-4-7-13(12)14(18)16-10-15(11-19-2)8-5-9-17-15/h3-4,6-7,17H,5,8-11H2,1-2H3,(H,16,18). The molecule has 0 aromatic heterocycles. The maximum atomic E-state index is 12.2. The second-order valence-electron chi connectivity index (χ2n) is 5.24. The first-order chi connectivity index (χ1) is 9.17. The molecule has 1 aromatic carbocycles. The summed E-state index contributed by atoms with van der Waals surface area (Å²) in [5.74, 6) is -0.0118. The number of nitrogens with one attached hydrogen (secondary N) is 2. The van der Waals surface area contributed by atoms with Crippen molar-refractivity contribution in [1.82, 2.24) is 10.6 Å². The molecule has 2 N–H and O–H groups in total. The Morgan fingerprint density at radius 1 is 1.47 bits per heavy atom. The molecule has 0 bridgehead atoms. The Morgan fingerprint density at radius 3 is 2.89 bits per heavy atom. The molecule has 0 spiro atoms. The molecule has 1 aliphatic heterocycles. The highest BCUT2D eigenvalue weighted by atomic mass is 16.5. The Labute approximate surface area is 114 Å². The quantitative estimate of drug-likeness (QED) is 0.845. The van der Waals surface area contributed by atoms with Crippen LogP contribution in [-0.2, 0) is 4.74 Å². The second-order valence-corrected chi connectivity index (χ2v) is 5.24. The minimum atomic E-state index is -0.104. The summed E-state index contributed by atoms with van der Waals surface area (Å²) in [5.41, 5.74) is 1.64. The van der Waals surface area contributed by atoms with Crippen molar-refractivity contribution in [2.24, 2.45) is 0 Å². The molecule has 1 atom stereocenters. The molecule has 1 amide bonds. The first kappa shape index (κ1) is 14.0. The Kier molecular flexibility index (Phi) is 4.56. The number of hydrogen-bond donors (Lipinski definition) is 2. The van der Waals surface area contributed by atoms with Gasteiger partial charge in [0.25, 0.3) is 5.91 Å². The summed E-state index contributed by atoms with van der Waals surface area (Å²) in [6.07, 6.45) is 2.17. The summed E-state index contributed by atoms with van der Waals surface area (Å²) in [5, 5.41) is 6.48. The lowest BCUT2D eigenvalue weighted by molar-refractivity contribution is 0.0891. The number of carbonyl (C=O) groups excluding carboxylic acids is 1. The normalized spacial score (nSPS) is 22.4. The molecule has 4 heteroatoms. The highest BCUT2D eigenvalue weighted by molar-refractivity contribution is 5.95. The Morgan fingerprint density at radius 2 is 2.26 bits per heavy atom. The molecular formula is C15H22N2O2. The summed E-state index contributed by atoms with van der Waals surface area (Å²) in [6, 6.07) is 7.64. The molecule has 4 nitrogen and oxygen atoms in total. The van der Waals surface area contributed by atoms with Crippen LogP contribution in [-0.4, -0.2) is 38.3 Å². The number of ether oxygens (including phenoxy) is 1. The van der Waals surface area contributed by atoms with Crippen molar-refractivity contribution < 1.29 is 9.53 Å². The Hall–Kier alpha value is -1.39. The molecule has 0 aliphatic carbocycles. The molecule has 0 radical (unpaired) electrons. The van der Waals surface area contributed by atoms with Gasteiger partial charge in [-0.05, 0) is 37.9 Å². The largest absolute Gasteiger partial charge is 0.383 e. The first-order valence-electron chi connectivity index (χ1n) is 6.75. The van der Waals surface area contributed by atoms with Gasteiger partial charge in [0.2, 0.25) is 0 Å². The lowest BCUT2D eigenvalue weighted by Gasteiger charge is -2.29. The van der Waals surface area contributed by atoms with Crippen LogP contribution >= 0.6 is 0 Å². The third kappa shape index (κ3) is 3.33. The molecular weight excluding hydrogens is 240 g/mol. The van der Waals surface area contributed by atoms with Crippen LogP contribution in [0.25, 0.3) is 0 Å². The van der Waals surface area contributed by atoms with E-state index in [2.05, 4.69) is 10.6 Å². The lowest BCUT2D eigenvalue weighted by atomic mass is 9.98. The zero-order valence-corrected chi connectivity index (χ0v) is 11.7. The number of rotatable bonds is 5. The van der Waals surface area contributed by atoms with E-state index in [0.717, 1.165) is 30.5 Å². The van der Waals surface area contributed by atoms with Crippen molar-refractivity contribution in [3.8, 4) is 0 Å². The summed E-state index contributed by atoms with van der Waals surface area (Å²) < 4.78 is 5.28. The number of amides is 1. The first-order valence-corrected chi connectivity index (χ1v) is 6.75. The molecule has 1 aliphatic rings. The van der Waals surface area contributed by atoms with E-state index in [9.17, 15) is 4.79 Å². The van der Waals surface area contributed by atoms with Gasteiger partial charge in [0.1, 0.15) is 0 Å². The van der Waals surface area contributed by atoms with Crippen molar-refractivity contribution in [3.63, 3.8) is 0 Å². The molecule has 1 fully saturated rings. The summed E-state index contributed by atoms with van der Waals surface area (Å²) in [6.45, 7) is 4.17. The van der Waals surface area contributed by atoms with Crippen LogP contribution in [0.3, 0.4) is 0 Å². The number of hydrogen-bond acceptors (Lipinski definition) is 3. The number of carbonyl (C=O) groups is 1. The fraction of sp³-hybridized carbons (Fsp3) is 0.533. The van der Waals surface area contributed by atoms with E-state index in [1.54, 1.807) is 7.11 Å². The molecule has 1 aromatic rings. The molecule has 19 heavy (non-hydrogen) atoms. The van der Waals surface area contributed by atoms with Gasteiger partial charge in [0.15, 0.2) is 0 Å². The zero-order valence-electron chi connectivity index (χ0n) is 11.7. The maximum Gasteiger partial charge on any atom is 0.251 e. The maximum absolute atomic E-state index is 12.2. The highest BCUT2D eigenvalue weighted by Gasteiger charge is 2.33. The van der Waals surface area contributed by atoms with Crippen LogP contribution in [0, 0.1) is 6.92 Å². The van der Waals surface area contributed by atoms with E-state index in [0.29, 0.717) is 13.2 Å². The Bertz CT molecular complexity index is 440. The third-order valence-electron chi connectivity index (χ3n) is 3.73. The minimum Gasteiger partial charge on any atom is -0.383 e. The van der Waals surface area contributed by atoms with Gasteiger partial charge in [-0.25, -0.2) is 0 Å². The molecule has 1 heterocycles. The van der Waals surface area contributed by atoms with Crippen LogP contribution in [0.1, 0.15) is 28.8 Å². The van der Waals surface area contributed by atoms with E-state index < -0.39 is 0 Å². The smallest absolute Gasteiger partial charge is 0.251 e. The van der Waals surface area contributed by atoms with Crippen LogP contribution in [0.5, 0.6) is 0 Å². The monoisotopic (exact) mass is 262 g/mol. The zero-order chi connectivity index (χ0) is 13.7. The van der Waals surface area contributed by atoms with Gasteiger partial charge >= 0.3 is 0 Å². The summed E-state index contributed by atoms with van der Waals surface area (Å²) in [7, 11) is 1.70. The topological polar surface area (TPSA) is 50.4 Å². The van der Waals surface area contributed by atoms with E-state index in [1.807, 2.05) is 31.2 Å². The van der Waals surface area contributed by atoms with Crippen molar-refractivity contribution >= 4 is 5.91 Å². The van der Waals surface area contributed by atoms with Gasteiger partial charge < -0.3 is 15.4 Å². The predicted octanol–water partition coefficient (Wildman–Crippen LogP) is 1.49. The molecule has 0 saturated carbocycles. The van der Waals surface area contributed by atoms with Crippen LogP contribution in [0.4, 0.5) is 0 Å². The minimum absolute atomic E-state index is 0.0118. The average molecular weight is 262 g/mol. The summed E-state index contributed by atoms with van der Waals surface area (Å²) >= 11 is 0. The van der Waals surface area contributed by atoms with Gasteiger partial charge in [-0.3, -0.25) is 4.79 Å². The van der Waals surface area contributed by atoms with Crippen molar-refractivity contribution in [2.45, 2.75) is 25.3 Å². The van der Waals surface area contributed by atoms with Gasteiger partial charge in [-0.2, -0.15) is 0 Å². The van der Waals surface area contributed by atoms with Crippen LogP contribution in [0.15, 0.2) is 24.3 Å². The van der Waals surface area contributed by atoms with Gasteiger partial charge in [0, 0.05) is 19.2 Å². The fourth-order valence-corrected chi connectivity index (χ4v) is 2.64. The van der Waals surface area contributed by atoms with E-state index >= 15 is 0 Å². The Balaban J connectivity index is 1.98. The second kappa shape index (κ2) is 6.17. The van der Waals surface area contributed by atoms with E-state index in [-0.39, 0.29) is 11.4 Å².